The molecular formula is C38H37N3O. The van der Waals surface area contributed by atoms with Crippen molar-refractivity contribution in [2.45, 2.75) is 51.0 Å². The highest BCUT2D eigenvalue weighted by molar-refractivity contribution is 6.08. The van der Waals surface area contributed by atoms with E-state index in [4.69, 9.17) is 10.2 Å². The Labute approximate surface area is 247 Å². The maximum Gasteiger partial charge on any atom is 0.121 e. The molecule has 0 radical (unpaired) electrons. The van der Waals surface area contributed by atoms with Crippen molar-refractivity contribution in [3.05, 3.63) is 119 Å². The number of hydrogen-bond acceptors (Lipinski definition) is 4. The number of aromatic nitrogens is 1. The highest BCUT2D eigenvalue weighted by atomic mass is 16.3. The lowest BCUT2D eigenvalue weighted by molar-refractivity contribution is 0.165. The third kappa shape index (κ3) is 4.55. The molecule has 2 aliphatic rings. The number of furan rings is 1. The highest BCUT2D eigenvalue weighted by Gasteiger charge is 2.27. The van der Waals surface area contributed by atoms with Crippen molar-refractivity contribution in [2.75, 3.05) is 18.8 Å². The van der Waals surface area contributed by atoms with Crippen LogP contribution in [0.3, 0.4) is 0 Å². The minimum Gasteiger partial charge on any atom is -0.468 e. The fourth-order valence-electron chi connectivity index (χ4n) is 7.74. The number of nitrogens with zero attached hydrogens (tertiary/aromatic N) is 2. The first-order valence-electron chi connectivity index (χ1n) is 15.5. The average molecular weight is 552 g/mol. The topological polar surface area (TPSA) is 55.3 Å². The number of anilines is 1. The minimum atomic E-state index is 0.520. The summed E-state index contributed by atoms with van der Waals surface area (Å²) in [6, 6.07) is 28.7. The van der Waals surface area contributed by atoms with E-state index in [1.54, 1.807) is 5.56 Å². The molecule has 6 aromatic rings. The summed E-state index contributed by atoms with van der Waals surface area (Å²) in [5.74, 6) is 2.35. The van der Waals surface area contributed by atoms with Crippen molar-refractivity contribution in [3.8, 4) is 0 Å². The summed E-state index contributed by atoms with van der Waals surface area (Å²) in [6.07, 6.45) is 10.6. The lowest BCUT2D eigenvalue weighted by Crippen LogP contribution is -2.34. The molecule has 4 heteroatoms. The molecule has 1 aliphatic heterocycles. The van der Waals surface area contributed by atoms with E-state index >= 15 is 0 Å². The van der Waals surface area contributed by atoms with E-state index in [-0.39, 0.29) is 0 Å². The van der Waals surface area contributed by atoms with Crippen LogP contribution < -0.4 is 5.73 Å². The van der Waals surface area contributed by atoms with Crippen molar-refractivity contribution in [1.29, 1.82) is 0 Å². The second-order valence-electron chi connectivity index (χ2n) is 12.5. The van der Waals surface area contributed by atoms with Crippen molar-refractivity contribution < 1.29 is 4.42 Å². The Morgan fingerprint density at radius 3 is 2.60 bits per heavy atom. The SMILES string of the molecule is Nc1c(CC2CCN(Cc3occc3C3CCc4c(ccc5c4ccc4ccccc45)C3)CC2)ccc2ncccc12. The second-order valence-corrected chi connectivity index (χ2v) is 12.5. The van der Waals surface area contributed by atoms with Crippen molar-refractivity contribution in [1.82, 2.24) is 9.88 Å². The van der Waals surface area contributed by atoms with Gasteiger partial charge in [-0.3, -0.25) is 9.88 Å². The van der Waals surface area contributed by atoms with Crippen LogP contribution in [-0.4, -0.2) is 23.0 Å². The Hall–Kier alpha value is -4.15. The minimum absolute atomic E-state index is 0.520. The second kappa shape index (κ2) is 10.6. The first-order valence-corrected chi connectivity index (χ1v) is 15.5. The van der Waals surface area contributed by atoms with Crippen LogP contribution in [0.5, 0.6) is 0 Å². The molecule has 1 unspecified atom stereocenters. The average Bonchev–Trinajstić information content (AvgIpc) is 3.51. The van der Waals surface area contributed by atoms with Gasteiger partial charge in [0.1, 0.15) is 5.76 Å². The van der Waals surface area contributed by atoms with E-state index in [9.17, 15) is 0 Å². The lowest BCUT2D eigenvalue weighted by atomic mass is 9.78. The van der Waals surface area contributed by atoms with Gasteiger partial charge in [-0.15, -0.1) is 0 Å². The number of piperidine rings is 1. The van der Waals surface area contributed by atoms with Gasteiger partial charge >= 0.3 is 0 Å². The van der Waals surface area contributed by atoms with Gasteiger partial charge in [0.25, 0.3) is 0 Å². The molecule has 3 heterocycles. The molecule has 210 valence electrons. The molecule has 4 aromatic carbocycles. The molecule has 42 heavy (non-hydrogen) atoms. The number of nitrogens with two attached hydrogens (primary N) is 1. The Balaban J connectivity index is 0.938. The molecule has 0 amide bonds. The van der Waals surface area contributed by atoms with Gasteiger partial charge in [0.05, 0.1) is 18.3 Å². The smallest absolute Gasteiger partial charge is 0.121 e. The largest absolute Gasteiger partial charge is 0.468 e. The molecule has 8 rings (SSSR count). The number of benzene rings is 4. The zero-order valence-electron chi connectivity index (χ0n) is 24.1. The number of nitrogen functional groups attached to an aromatic ring is 1. The summed E-state index contributed by atoms with van der Waals surface area (Å²) in [6.45, 7) is 3.12. The molecule has 0 saturated carbocycles. The van der Waals surface area contributed by atoms with Crippen LogP contribution >= 0.6 is 0 Å². The normalized spacial score (nSPS) is 18.1. The Kier molecular flexibility index (Phi) is 6.45. The summed E-state index contributed by atoms with van der Waals surface area (Å²) < 4.78 is 6.14. The molecular weight excluding hydrogens is 514 g/mol. The fourth-order valence-corrected chi connectivity index (χ4v) is 7.74. The maximum absolute atomic E-state index is 6.56. The van der Waals surface area contributed by atoms with Crippen LogP contribution in [0.4, 0.5) is 5.69 Å². The molecule has 0 spiro atoms. The zero-order valence-corrected chi connectivity index (χ0v) is 24.1. The fraction of sp³-hybridized carbons (Fsp3) is 0.289. The number of pyridine rings is 1. The van der Waals surface area contributed by atoms with Crippen molar-refractivity contribution in [2.24, 2.45) is 5.92 Å². The zero-order chi connectivity index (χ0) is 28.0. The summed E-state index contributed by atoms with van der Waals surface area (Å²) in [4.78, 5) is 7.04. The van der Waals surface area contributed by atoms with Gasteiger partial charge in [0.15, 0.2) is 0 Å². The summed E-state index contributed by atoms with van der Waals surface area (Å²) in [5.41, 5.74) is 14.2. The third-order valence-corrected chi connectivity index (χ3v) is 10.1. The third-order valence-electron chi connectivity index (χ3n) is 10.1. The molecule has 1 fully saturated rings. The first kappa shape index (κ1) is 25.6. The molecule has 2 aromatic heterocycles. The van der Waals surface area contributed by atoms with Crippen LogP contribution in [0.1, 0.15) is 53.2 Å². The number of fused-ring (bicyclic) bond motifs is 6. The Morgan fingerprint density at radius 1 is 0.810 bits per heavy atom. The quantitative estimate of drug-likeness (QED) is 0.173. The van der Waals surface area contributed by atoms with Crippen molar-refractivity contribution in [3.63, 3.8) is 0 Å². The molecule has 1 atom stereocenters. The monoisotopic (exact) mass is 551 g/mol. The van der Waals surface area contributed by atoms with Gasteiger partial charge in [-0.1, -0.05) is 54.6 Å². The number of likely N-dealkylation sites (tertiary alicyclic amines) is 1. The van der Waals surface area contributed by atoms with Crippen LogP contribution in [0.2, 0.25) is 0 Å². The van der Waals surface area contributed by atoms with E-state index < -0.39 is 0 Å². The van der Waals surface area contributed by atoms with Crippen molar-refractivity contribution >= 4 is 38.1 Å². The predicted octanol–water partition coefficient (Wildman–Crippen LogP) is 8.44. The van der Waals surface area contributed by atoms with Crippen LogP contribution in [0.15, 0.2) is 95.7 Å². The first-order chi connectivity index (χ1) is 20.7. The Morgan fingerprint density at radius 2 is 1.67 bits per heavy atom. The van der Waals surface area contributed by atoms with E-state index in [2.05, 4.69) is 82.7 Å². The van der Waals surface area contributed by atoms with E-state index in [0.717, 1.165) is 55.5 Å². The Bertz CT molecular complexity index is 1910. The molecule has 0 bridgehead atoms. The molecule has 4 nitrogen and oxygen atoms in total. The molecule has 1 aliphatic carbocycles. The maximum atomic E-state index is 6.56. The standard InChI is InChI=1S/C38H37N3O/c39-38-29(10-14-36-35(38)6-3-18-40-36)22-25-15-19-41(20-16-25)24-37-32(17-21-42-37)28-8-11-31-27(23-28)9-13-33-30-5-2-1-4-26(30)7-12-34(31)33/h1-7,9-10,12-14,17-18,21,25,28H,8,11,15-16,19-20,22-24,39H2. The molecule has 1 saturated heterocycles. The predicted molar refractivity (Wildman–Crippen MR) is 173 cm³/mol. The van der Waals surface area contributed by atoms with Gasteiger partial charge in [0.2, 0.25) is 0 Å². The van der Waals surface area contributed by atoms with Crippen LogP contribution in [-0.2, 0) is 25.8 Å². The summed E-state index contributed by atoms with van der Waals surface area (Å²) in [5, 5.41) is 6.57. The number of aryl methyl sites for hydroxylation is 1. The summed E-state index contributed by atoms with van der Waals surface area (Å²) >= 11 is 0. The van der Waals surface area contributed by atoms with Crippen LogP contribution in [0, 0.1) is 5.92 Å². The van der Waals surface area contributed by atoms with Gasteiger partial charge in [-0.25, -0.2) is 0 Å². The van der Waals surface area contributed by atoms with Gasteiger partial charge < -0.3 is 10.2 Å². The number of hydrogen-bond donors (Lipinski definition) is 1. The van der Waals surface area contributed by atoms with E-state index in [0.29, 0.717) is 11.8 Å². The highest BCUT2D eigenvalue weighted by Crippen LogP contribution is 2.40. The van der Waals surface area contributed by atoms with E-state index in [1.807, 2.05) is 18.5 Å². The van der Waals surface area contributed by atoms with Gasteiger partial charge in [0, 0.05) is 17.3 Å². The van der Waals surface area contributed by atoms with E-state index in [1.165, 1.54) is 63.3 Å². The summed E-state index contributed by atoms with van der Waals surface area (Å²) in [7, 11) is 0. The number of rotatable bonds is 5. The lowest BCUT2D eigenvalue weighted by Gasteiger charge is -2.32. The van der Waals surface area contributed by atoms with Gasteiger partial charge in [-0.2, -0.15) is 0 Å². The van der Waals surface area contributed by atoms with Crippen LogP contribution in [0.25, 0.3) is 32.4 Å². The van der Waals surface area contributed by atoms with Gasteiger partial charge in [-0.05, 0) is 132 Å². The molecule has 2 N–H and O–H groups in total.